The molecule has 0 radical (unpaired) electrons. The van der Waals surface area contributed by atoms with Crippen LogP contribution in [0.3, 0.4) is 0 Å². The number of imide groups is 1. The van der Waals surface area contributed by atoms with Gasteiger partial charge in [0.15, 0.2) is 0 Å². The normalized spacial score (nSPS) is 13.4. The molecule has 1 aliphatic rings. The highest BCUT2D eigenvalue weighted by atomic mass is 16.5. The molecule has 0 bridgehead atoms. The summed E-state index contributed by atoms with van der Waals surface area (Å²) < 4.78 is 12.7. The molecule has 40 heavy (non-hydrogen) atoms. The van der Waals surface area contributed by atoms with Gasteiger partial charge in [-0.25, -0.2) is 4.79 Å². The summed E-state index contributed by atoms with van der Waals surface area (Å²) in [6.07, 6.45) is 0.689. The molecular formula is C30H27N3O7. The van der Waals surface area contributed by atoms with Gasteiger partial charge in [0.05, 0.1) is 24.3 Å². The lowest BCUT2D eigenvalue weighted by atomic mass is 10.1. The number of carbonyl (C=O) groups is 2. The molecule has 10 nitrogen and oxygen atoms in total. The highest BCUT2D eigenvalue weighted by molar-refractivity contribution is 6.21. The lowest BCUT2D eigenvalue weighted by Crippen LogP contribution is -2.41. The lowest BCUT2D eigenvalue weighted by molar-refractivity contribution is -0.0354. The van der Waals surface area contributed by atoms with Crippen LogP contribution >= 0.6 is 0 Å². The van der Waals surface area contributed by atoms with E-state index in [-0.39, 0.29) is 19.7 Å². The molecule has 2 N–H and O–H groups in total. The first kappa shape index (κ1) is 26.8. The van der Waals surface area contributed by atoms with Crippen molar-refractivity contribution in [2.75, 3.05) is 13.2 Å². The van der Waals surface area contributed by atoms with Gasteiger partial charge in [-0.2, -0.15) is 0 Å². The second-order valence-corrected chi connectivity index (χ2v) is 9.35. The molecule has 1 aromatic heterocycles. The van der Waals surface area contributed by atoms with Crippen LogP contribution in [0.15, 0.2) is 94.6 Å². The number of amides is 2. The molecule has 10 heteroatoms. The standard InChI is InChI=1S/C30H27N3O7/c34-17-24(16-33-28(36)25-11-4-5-12-26(25)29(33)37)40-19-32-15-22(27(35)31-30(32)38)13-21-9-6-10-23(14-21)39-18-20-7-2-1-3-8-20/h1-12,14-15,24,34H,13,16-19H2,(H,31,35,38). The van der Waals surface area contributed by atoms with Gasteiger partial charge in [-0.05, 0) is 35.4 Å². The quantitative estimate of drug-likeness (QED) is 0.279. The van der Waals surface area contributed by atoms with E-state index < -0.39 is 35.8 Å². The number of benzene rings is 3. The van der Waals surface area contributed by atoms with Crippen LogP contribution in [-0.4, -0.2) is 50.6 Å². The van der Waals surface area contributed by atoms with Crippen LogP contribution in [0.1, 0.15) is 37.4 Å². The fourth-order valence-corrected chi connectivity index (χ4v) is 4.44. The van der Waals surface area contributed by atoms with Gasteiger partial charge < -0.3 is 14.6 Å². The number of aliphatic hydroxyl groups excluding tert-OH is 1. The van der Waals surface area contributed by atoms with Crippen molar-refractivity contribution in [2.45, 2.75) is 25.9 Å². The molecule has 204 valence electrons. The minimum Gasteiger partial charge on any atom is -0.489 e. The highest BCUT2D eigenvalue weighted by Crippen LogP contribution is 2.23. The van der Waals surface area contributed by atoms with Gasteiger partial charge in [0.1, 0.15) is 25.2 Å². The van der Waals surface area contributed by atoms with Gasteiger partial charge >= 0.3 is 5.69 Å². The zero-order valence-corrected chi connectivity index (χ0v) is 21.5. The molecule has 0 fully saturated rings. The van der Waals surface area contributed by atoms with Gasteiger partial charge in [0, 0.05) is 18.2 Å². The number of aromatic amines is 1. The molecule has 0 saturated heterocycles. The molecule has 1 atom stereocenters. The van der Waals surface area contributed by atoms with Crippen molar-refractivity contribution >= 4 is 11.8 Å². The molecule has 1 aliphatic heterocycles. The highest BCUT2D eigenvalue weighted by Gasteiger charge is 2.36. The summed E-state index contributed by atoms with van der Waals surface area (Å²) in [7, 11) is 0. The molecule has 1 unspecified atom stereocenters. The van der Waals surface area contributed by atoms with Crippen LogP contribution in [0.5, 0.6) is 5.75 Å². The second kappa shape index (κ2) is 11.9. The predicted octanol–water partition coefficient (Wildman–Crippen LogP) is 2.34. The monoisotopic (exact) mass is 541 g/mol. The minimum absolute atomic E-state index is 0.191. The fraction of sp³-hybridized carbons (Fsp3) is 0.200. The van der Waals surface area contributed by atoms with E-state index in [1.165, 1.54) is 6.20 Å². The Bertz CT molecular complexity index is 1610. The van der Waals surface area contributed by atoms with Crippen LogP contribution in [-0.2, 0) is 24.5 Å². The van der Waals surface area contributed by atoms with Crippen LogP contribution < -0.4 is 16.0 Å². The summed E-state index contributed by atoms with van der Waals surface area (Å²) in [4.78, 5) is 53.6. The Morgan fingerprint density at radius 1 is 0.825 bits per heavy atom. The number of ether oxygens (including phenoxy) is 2. The van der Waals surface area contributed by atoms with Crippen LogP contribution in [0.4, 0.5) is 0 Å². The first-order valence-corrected chi connectivity index (χ1v) is 12.7. The number of nitrogens with zero attached hydrogens (tertiary/aromatic N) is 2. The smallest absolute Gasteiger partial charge is 0.330 e. The number of aromatic nitrogens is 2. The summed E-state index contributed by atoms with van der Waals surface area (Å²) in [5.74, 6) is -0.296. The zero-order valence-electron chi connectivity index (χ0n) is 21.5. The van der Waals surface area contributed by atoms with E-state index in [4.69, 9.17) is 9.47 Å². The number of hydrogen-bond acceptors (Lipinski definition) is 7. The zero-order chi connectivity index (χ0) is 28.1. The maximum absolute atomic E-state index is 12.6. The first-order chi connectivity index (χ1) is 19.4. The predicted molar refractivity (Wildman–Crippen MR) is 145 cm³/mol. The van der Waals surface area contributed by atoms with Gasteiger partial charge in [-0.15, -0.1) is 0 Å². The molecule has 0 spiro atoms. The number of carbonyl (C=O) groups excluding carboxylic acids is 2. The summed E-state index contributed by atoms with van der Waals surface area (Å²) in [6, 6.07) is 23.6. The Morgan fingerprint density at radius 3 is 2.20 bits per heavy atom. The Balaban J connectivity index is 1.24. The molecular weight excluding hydrogens is 514 g/mol. The number of aliphatic hydroxyl groups is 1. The largest absolute Gasteiger partial charge is 0.489 e. The first-order valence-electron chi connectivity index (χ1n) is 12.7. The molecule has 5 rings (SSSR count). The summed E-state index contributed by atoms with van der Waals surface area (Å²) in [5.41, 5.74) is 1.53. The van der Waals surface area contributed by atoms with E-state index in [2.05, 4.69) is 4.98 Å². The van der Waals surface area contributed by atoms with Crippen LogP contribution in [0.25, 0.3) is 0 Å². The van der Waals surface area contributed by atoms with Gasteiger partial charge in [-0.1, -0.05) is 54.6 Å². The van der Waals surface area contributed by atoms with E-state index >= 15 is 0 Å². The number of hydrogen-bond donors (Lipinski definition) is 2. The van der Waals surface area contributed by atoms with Gasteiger partial charge in [0.25, 0.3) is 17.4 Å². The SMILES string of the molecule is O=C1c2ccccc2C(=O)N1CC(CO)OCn1cc(Cc2cccc(OCc3ccccc3)c2)c(=O)[nH]c1=O. The average molecular weight is 542 g/mol. The Labute approximate surface area is 229 Å². The molecule has 2 amide bonds. The minimum atomic E-state index is -0.942. The lowest BCUT2D eigenvalue weighted by Gasteiger charge is -2.21. The topological polar surface area (TPSA) is 131 Å². The van der Waals surface area contributed by atoms with Crippen LogP contribution in [0, 0.1) is 0 Å². The number of rotatable bonds is 11. The van der Waals surface area contributed by atoms with Crippen molar-refractivity contribution in [3.8, 4) is 5.75 Å². The molecule has 4 aromatic rings. The van der Waals surface area contributed by atoms with Crippen molar-refractivity contribution in [1.29, 1.82) is 0 Å². The van der Waals surface area contributed by atoms with Crippen molar-refractivity contribution in [3.63, 3.8) is 0 Å². The maximum Gasteiger partial charge on any atom is 0.330 e. The van der Waals surface area contributed by atoms with E-state index in [1.807, 2.05) is 54.6 Å². The van der Waals surface area contributed by atoms with Crippen molar-refractivity contribution in [1.82, 2.24) is 14.5 Å². The fourth-order valence-electron chi connectivity index (χ4n) is 4.44. The summed E-state index contributed by atoms with van der Waals surface area (Å²) in [6.45, 7) is -0.589. The Hall–Kier alpha value is -4.80. The summed E-state index contributed by atoms with van der Waals surface area (Å²) in [5, 5.41) is 9.83. The average Bonchev–Trinajstić information content (AvgIpc) is 3.21. The molecule has 0 aliphatic carbocycles. The third kappa shape index (κ3) is 5.93. The van der Waals surface area contributed by atoms with Gasteiger partial charge in [0.2, 0.25) is 0 Å². The van der Waals surface area contributed by atoms with E-state index in [0.717, 1.165) is 20.6 Å². The Morgan fingerprint density at radius 2 is 1.50 bits per heavy atom. The molecule has 2 heterocycles. The third-order valence-corrected chi connectivity index (χ3v) is 6.54. The van der Waals surface area contributed by atoms with Crippen LogP contribution in [0.2, 0.25) is 0 Å². The molecule has 3 aromatic carbocycles. The van der Waals surface area contributed by atoms with Crippen molar-refractivity contribution in [2.24, 2.45) is 0 Å². The third-order valence-electron chi connectivity index (χ3n) is 6.54. The number of fused-ring (bicyclic) bond motifs is 1. The number of nitrogens with one attached hydrogen (secondary N) is 1. The molecule has 0 saturated carbocycles. The Kier molecular flexibility index (Phi) is 7.99. The number of H-pyrrole nitrogens is 1. The maximum atomic E-state index is 12.6. The van der Waals surface area contributed by atoms with Crippen molar-refractivity contribution in [3.05, 3.63) is 134 Å². The van der Waals surface area contributed by atoms with E-state index in [0.29, 0.717) is 29.0 Å². The van der Waals surface area contributed by atoms with E-state index in [9.17, 15) is 24.3 Å². The van der Waals surface area contributed by atoms with Gasteiger partial charge in [-0.3, -0.25) is 28.8 Å². The van der Waals surface area contributed by atoms with E-state index in [1.54, 1.807) is 24.3 Å². The second-order valence-electron chi connectivity index (χ2n) is 9.35. The summed E-state index contributed by atoms with van der Waals surface area (Å²) >= 11 is 0. The van der Waals surface area contributed by atoms with Crippen molar-refractivity contribution < 1.29 is 24.2 Å².